The number of hydrogen-bond donors (Lipinski definition) is 1. The van der Waals surface area contributed by atoms with Crippen LogP contribution in [0.5, 0.6) is 0 Å². The fraction of sp³-hybridized carbons (Fsp3) is 0.455. The van der Waals surface area contributed by atoms with Gasteiger partial charge in [0.2, 0.25) is 5.95 Å². The first-order chi connectivity index (χ1) is 9.10. The highest BCUT2D eigenvalue weighted by Crippen LogP contribution is 2.11. The van der Waals surface area contributed by atoms with Crippen LogP contribution in [0.1, 0.15) is 12.5 Å². The van der Waals surface area contributed by atoms with Crippen LogP contribution in [0.15, 0.2) is 18.6 Å². The van der Waals surface area contributed by atoms with Gasteiger partial charge in [-0.05, 0) is 6.92 Å². The first-order valence-electron chi connectivity index (χ1n) is 5.84. The maximum absolute atomic E-state index is 13.7. The smallest absolute Gasteiger partial charge is 0.257 e. The molecule has 0 radical (unpaired) electrons. The van der Waals surface area contributed by atoms with Gasteiger partial charge in [0.05, 0.1) is 18.1 Å². The van der Waals surface area contributed by atoms with Gasteiger partial charge >= 0.3 is 0 Å². The van der Waals surface area contributed by atoms with Gasteiger partial charge in [-0.1, -0.05) is 0 Å². The maximum atomic E-state index is 13.7. The van der Waals surface area contributed by atoms with Gasteiger partial charge < -0.3 is 5.32 Å². The van der Waals surface area contributed by atoms with E-state index in [4.69, 9.17) is 0 Å². The quantitative estimate of drug-likeness (QED) is 0.877. The van der Waals surface area contributed by atoms with Crippen molar-refractivity contribution < 1.29 is 13.2 Å². The van der Waals surface area contributed by atoms with Crippen LogP contribution in [0, 0.1) is 5.95 Å². The van der Waals surface area contributed by atoms with E-state index in [-0.39, 0.29) is 6.54 Å². The number of nitrogens with one attached hydrogen (secondary N) is 1. The Kier molecular flexibility index (Phi) is 4.08. The van der Waals surface area contributed by atoms with Gasteiger partial charge in [-0.3, -0.25) is 4.68 Å². The molecule has 0 aliphatic heterocycles. The van der Waals surface area contributed by atoms with Crippen LogP contribution >= 0.6 is 0 Å². The highest BCUT2D eigenvalue weighted by molar-refractivity contribution is 5.38. The van der Waals surface area contributed by atoms with Crippen LogP contribution in [0.25, 0.3) is 0 Å². The lowest BCUT2D eigenvalue weighted by Crippen LogP contribution is -2.06. The van der Waals surface area contributed by atoms with Gasteiger partial charge in [-0.2, -0.15) is 14.6 Å². The Morgan fingerprint density at radius 2 is 2.11 bits per heavy atom. The molecule has 0 fully saturated rings. The second-order valence-electron chi connectivity index (χ2n) is 3.97. The molecule has 1 N–H and O–H groups in total. The van der Waals surface area contributed by atoms with Crippen molar-refractivity contribution in [3.8, 4) is 0 Å². The summed E-state index contributed by atoms with van der Waals surface area (Å²) >= 11 is 0. The molecule has 0 unspecified atom stereocenters. The molecule has 104 valence electrons. The molecule has 0 spiro atoms. The number of alkyl halides is 2. The van der Waals surface area contributed by atoms with Crippen molar-refractivity contribution in [3.63, 3.8) is 0 Å². The molecule has 2 aromatic rings. The number of hydrogen-bond acceptors (Lipinski definition) is 3. The fourth-order valence-corrected chi connectivity index (χ4v) is 1.64. The third kappa shape index (κ3) is 3.27. The van der Waals surface area contributed by atoms with Crippen LogP contribution in [0.2, 0.25) is 0 Å². The Morgan fingerprint density at radius 1 is 1.32 bits per heavy atom. The molecule has 19 heavy (non-hydrogen) atoms. The van der Waals surface area contributed by atoms with Crippen LogP contribution < -0.4 is 5.32 Å². The summed E-state index contributed by atoms with van der Waals surface area (Å²) in [5.41, 5.74) is 0.979. The Bertz CT molecular complexity index is 534. The lowest BCUT2D eigenvalue weighted by Gasteiger charge is -2.02. The van der Waals surface area contributed by atoms with E-state index in [9.17, 15) is 13.2 Å². The van der Waals surface area contributed by atoms with Crippen molar-refractivity contribution in [1.29, 1.82) is 0 Å². The molecule has 0 saturated heterocycles. The van der Waals surface area contributed by atoms with Gasteiger partial charge in [0.25, 0.3) is 6.43 Å². The third-order valence-electron chi connectivity index (χ3n) is 2.59. The zero-order valence-electron chi connectivity index (χ0n) is 10.4. The lowest BCUT2D eigenvalue weighted by molar-refractivity contribution is 0.122. The largest absolute Gasteiger partial charge is 0.378 e. The molecule has 2 heterocycles. The minimum atomic E-state index is -2.45. The van der Waals surface area contributed by atoms with Gasteiger partial charge in [0, 0.05) is 24.8 Å². The van der Waals surface area contributed by atoms with Crippen LogP contribution in [-0.2, 0) is 19.6 Å². The van der Waals surface area contributed by atoms with E-state index in [0.29, 0.717) is 17.8 Å². The highest BCUT2D eigenvalue weighted by atomic mass is 19.3. The summed E-state index contributed by atoms with van der Waals surface area (Å²) in [6.45, 7) is 2.02. The molecule has 0 atom stereocenters. The zero-order valence-corrected chi connectivity index (χ0v) is 10.4. The molecular weight excluding hydrogens is 259 g/mol. The SMILES string of the molecule is CCn1ncc(CNc2cnn(CC(F)F)c2)c1F. The van der Waals surface area contributed by atoms with Gasteiger partial charge in [-0.15, -0.1) is 0 Å². The van der Waals surface area contributed by atoms with E-state index in [0.717, 1.165) is 4.68 Å². The summed E-state index contributed by atoms with van der Waals surface area (Å²) in [5, 5.41) is 10.6. The average Bonchev–Trinajstić information content (AvgIpc) is 2.93. The van der Waals surface area contributed by atoms with Crippen LogP contribution in [0.3, 0.4) is 0 Å². The predicted octanol–water partition coefficient (Wildman–Crippen LogP) is 2.12. The molecule has 2 aromatic heterocycles. The molecule has 8 heteroatoms. The standard InChI is InChI=1S/C11H14F3N5/c1-2-19-11(14)8(4-17-19)3-15-9-5-16-18(6-9)7-10(12)13/h4-6,10,15H,2-3,7H2,1H3. The topological polar surface area (TPSA) is 47.7 Å². The molecule has 0 aromatic carbocycles. The lowest BCUT2D eigenvalue weighted by atomic mass is 10.3. The monoisotopic (exact) mass is 273 g/mol. The molecular formula is C11H14F3N5. The van der Waals surface area contributed by atoms with Crippen molar-refractivity contribution in [3.05, 3.63) is 30.1 Å². The van der Waals surface area contributed by atoms with Crippen molar-refractivity contribution in [2.45, 2.75) is 33.0 Å². The highest BCUT2D eigenvalue weighted by Gasteiger charge is 2.10. The van der Waals surface area contributed by atoms with Crippen molar-refractivity contribution in [2.75, 3.05) is 5.32 Å². The predicted molar refractivity (Wildman–Crippen MR) is 63.4 cm³/mol. The Balaban J connectivity index is 1.94. The third-order valence-corrected chi connectivity index (χ3v) is 2.59. The molecule has 5 nitrogen and oxygen atoms in total. The summed E-state index contributed by atoms with van der Waals surface area (Å²) < 4.78 is 40.3. The van der Waals surface area contributed by atoms with Gasteiger partial charge in [0.1, 0.15) is 6.54 Å². The van der Waals surface area contributed by atoms with Crippen LogP contribution in [-0.4, -0.2) is 26.0 Å². The Labute approximate surface area is 108 Å². The van der Waals surface area contributed by atoms with Crippen molar-refractivity contribution >= 4 is 5.69 Å². The van der Waals surface area contributed by atoms with Gasteiger partial charge in [0.15, 0.2) is 0 Å². The Hall–Kier alpha value is -1.99. The number of rotatable bonds is 6. The second-order valence-corrected chi connectivity index (χ2v) is 3.97. The summed E-state index contributed by atoms with van der Waals surface area (Å²) in [5.74, 6) is -0.394. The fourth-order valence-electron chi connectivity index (χ4n) is 1.64. The normalized spacial score (nSPS) is 11.2. The number of aryl methyl sites for hydroxylation is 1. The first-order valence-corrected chi connectivity index (χ1v) is 5.84. The summed E-state index contributed by atoms with van der Waals surface area (Å²) in [6, 6.07) is 0. The molecule has 2 rings (SSSR count). The van der Waals surface area contributed by atoms with E-state index in [1.54, 1.807) is 6.92 Å². The summed E-state index contributed by atoms with van der Waals surface area (Å²) in [7, 11) is 0. The van der Waals surface area contributed by atoms with E-state index in [1.807, 2.05) is 0 Å². The average molecular weight is 273 g/mol. The van der Waals surface area contributed by atoms with E-state index in [2.05, 4.69) is 15.5 Å². The second kappa shape index (κ2) is 5.77. The molecule has 0 aliphatic carbocycles. The van der Waals surface area contributed by atoms with Crippen molar-refractivity contribution in [2.24, 2.45) is 0 Å². The zero-order chi connectivity index (χ0) is 13.8. The van der Waals surface area contributed by atoms with Crippen LogP contribution in [0.4, 0.5) is 18.9 Å². The molecule has 0 bridgehead atoms. The van der Waals surface area contributed by atoms with Crippen molar-refractivity contribution in [1.82, 2.24) is 19.6 Å². The summed E-state index contributed by atoms with van der Waals surface area (Å²) in [4.78, 5) is 0. The van der Waals surface area contributed by atoms with Gasteiger partial charge in [-0.25, -0.2) is 13.5 Å². The summed E-state index contributed by atoms with van der Waals surface area (Å²) in [6.07, 6.45) is 1.86. The minimum Gasteiger partial charge on any atom is -0.378 e. The van der Waals surface area contributed by atoms with E-state index < -0.39 is 18.9 Å². The number of nitrogens with zero attached hydrogens (tertiary/aromatic N) is 4. The molecule has 0 aliphatic rings. The van der Waals surface area contributed by atoms with E-state index >= 15 is 0 Å². The molecule has 0 saturated carbocycles. The maximum Gasteiger partial charge on any atom is 0.257 e. The minimum absolute atomic E-state index is 0.228. The first kappa shape index (κ1) is 13.4. The number of aromatic nitrogens is 4. The number of anilines is 1. The van der Waals surface area contributed by atoms with E-state index in [1.165, 1.54) is 23.3 Å². The molecule has 0 amide bonds. The Morgan fingerprint density at radius 3 is 2.74 bits per heavy atom. The number of halogens is 3.